The lowest BCUT2D eigenvalue weighted by Gasteiger charge is -2.19. The van der Waals surface area contributed by atoms with Gasteiger partial charge in [0.2, 0.25) is 0 Å². The lowest BCUT2D eigenvalue weighted by molar-refractivity contribution is -0.120. The molecule has 2 aromatic carbocycles. The van der Waals surface area contributed by atoms with E-state index in [9.17, 15) is 9.59 Å². The Labute approximate surface area is 205 Å². The molecule has 0 N–H and O–H groups in total. The van der Waals surface area contributed by atoms with Crippen molar-refractivity contribution in [2.45, 2.75) is 25.3 Å². The van der Waals surface area contributed by atoms with Gasteiger partial charge >= 0.3 is 0 Å². The van der Waals surface area contributed by atoms with Crippen molar-refractivity contribution in [3.05, 3.63) is 74.1 Å². The molecule has 168 valence electrons. The van der Waals surface area contributed by atoms with Crippen molar-refractivity contribution in [1.29, 1.82) is 0 Å². The van der Waals surface area contributed by atoms with E-state index < -0.39 is 0 Å². The summed E-state index contributed by atoms with van der Waals surface area (Å²) in [5, 5.41) is 1.31. The molecule has 0 unspecified atom stereocenters. The number of thiazole rings is 1. The maximum Gasteiger partial charge on any atom is 0.280 e. The van der Waals surface area contributed by atoms with E-state index in [2.05, 4.69) is 11.0 Å². The molecule has 0 spiro atoms. The number of para-hydroxylation sites is 2. The Kier molecular flexibility index (Phi) is 5.64. The van der Waals surface area contributed by atoms with Crippen molar-refractivity contribution in [3.63, 3.8) is 0 Å². The fourth-order valence-corrected chi connectivity index (χ4v) is 7.07. The zero-order chi connectivity index (χ0) is 23.3. The van der Waals surface area contributed by atoms with Gasteiger partial charge in [0.05, 0.1) is 5.69 Å². The molecule has 0 saturated carbocycles. The molecule has 5 rings (SSSR count). The van der Waals surface area contributed by atoms with Gasteiger partial charge in [-0.1, -0.05) is 42.1 Å². The first-order chi connectivity index (χ1) is 16.0. The van der Waals surface area contributed by atoms with Crippen LogP contribution in [0.1, 0.15) is 13.8 Å². The van der Waals surface area contributed by atoms with E-state index in [1.165, 1.54) is 11.3 Å². The van der Waals surface area contributed by atoms with Gasteiger partial charge < -0.3 is 4.90 Å². The number of nitrogens with zero attached hydrogens (tertiary/aromatic N) is 4. The minimum absolute atomic E-state index is 0.0890. The number of amides is 1. The molecule has 2 aliphatic rings. The Morgan fingerprint density at radius 3 is 2.30 bits per heavy atom. The Morgan fingerprint density at radius 1 is 0.939 bits per heavy atom. The second-order valence-electron chi connectivity index (χ2n) is 7.57. The zero-order valence-electron chi connectivity index (χ0n) is 18.4. The summed E-state index contributed by atoms with van der Waals surface area (Å²) in [6.45, 7) is 4.75. The molecule has 3 heterocycles. The average Bonchev–Trinajstić information content (AvgIpc) is 3.42. The molecule has 1 amide bonds. The van der Waals surface area contributed by atoms with Gasteiger partial charge in [0.1, 0.15) is 19.9 Å². The minimum Gasteiger partial charge on any atom is -0.337 e. The summed E-state index contributed by atoms with van der Waals surface area (Å²) in [6, 6.07) is 17.7. The third-order valence-corrected chi connectivity index (χ3v) is 8.71. The van der Waals surface area contributed by atoms with Crippen LogP contribution >= 0.6 is 35.3 Å². The molecule has 0 atom stereocenters. The lowest BCUT2D eigenvalue weighted by atomic mass is 10.3. The number of hydrogen-bond acceptors (Lipinski definition) is 6. The Morgan fingerprint density at radius 2 is 1.64 bits per heavy atom. The molecule has 1 fully saturated rings. The fourth-order valence-electron chi connectivity index (χ4n) is 4.12. The predicted molar refractivity (Wildman–Crippen MR) is 140 cm³/mol. The summed E-state index contributed by atoms with van der Waals surface area (Å²) >= 11 is 8.65. The second kappa shape index (κ2) is 8.48. The van der Waals surface area contributed by atoms with E-state index in [-0.39, 0.29) is 11.5 Å². The van der Waals surface area contributed by atoms with Gasteiger partial charge in [-0.2, -0.15) is 0 Å². The first kappa shape index (κ1) is 21.9. The Bertz CT molecular complexity index is 1460. The van der Waals surface area contributed by atoms with E-state index in [4.69, 9.17) is 12.2 Å². The van der Waals surface area contributed by atoms with Crippen LogP contribution in [0.4, 0.5) is 11.4 Å². The highest BCUT2D eigenvalue weighted by molar-refractivity contribution is 8.08. The molecule has 0 aliphatic carbocycles. The van der Waals surface area contributed by atoms with E-state index in [0.29, 0.717) is 33.1 Å². The van der Waals surface area contributed by atoms with Crippen LogP contribution in [0.5, 0.6) is 0 Å². The fraction of sp³-hybridized carbons (Fsp3) is 0.208. The average molecular weight is 495 g/mol. The summed E-state index contributed by atoms with van der Waals surface area (Å²) < 4.78 is 2.95. The van der Waals surface area contributed by atoms with E-state index in [1.807, 2.05) is 69.4 Å². The highest BCUT2D eigenvalue weighted by Gasteiger charge is 2.40. The molecule has 3 aromatic rings. The van der Waals surface area contributed by atoms with Crippen molar-refractivity contribution in [3.8, 4) is 0 Å². The summed E-state index contributed by atoms with van der Waals surface area (Å²) in [7, 11) is 1.97. The number of rotatable bonds is 3. The smallest absolute Gasteiger partial charge is 0.280 e. The topological polar surface area (TPSA) is 48.8 Å². The van der Waals surface area contributed by atoms with E-state index in [1.54, 1.807) is 26.1 Å². The van der Waals surface area contributed by atoms with Crippen LogP contribution in [-0.2, 0) is 11.3 Å². The molecule has 33 heavy (non-hydrogen) atoms. The number of thioether (sulfide) groups is 1. The number of likely N-dealkylation sites (N-methyl/N-ethyl adjacent to an activating group) is 1. The maximum absolute atomic E-state index is 13.6. The standard InChI is InChI=1S/C24H22N4O2S3/c1-4-26-21(30)19(23-25(3)16-13-9-10-14-17(16)32-23)33-22(26)18-20(29)27(5-2)24(31)28(18)15-11-7-6-8-12-15/h6-14H,4-5H2,1-3H3/b22-18-,23-19-. The van der Waals surface area contributed by atoms with E-state index in [0.717, 1.165) is 21.3 Å². The normalized spacial score (nSPS) is 19.1. The summed E-state index contributed by atoms with van der Waals surface area (Å²) in [4.78, 5) is 33.6. The highest BCUT2D eigenvalue weighted by atomic mass is 32.2. The molecule has 0 radical (unpaired) electrons. The van der Waals surface area contributed by atoms with Crippen LogP contribution in [0.2, 0.25) is 0 Å². The third kappa shape index (κ3) is 3.34. The van der Waals surface area contributed by atoms with Gasteiger partial charge in [-0.25, -0.2) is 0 Å². The van der Waals surface area contributed by atoms with Crippen LogP contribution in [0.3, 0.4) is 0 Å². The van der Waals surface area contributed by atoms with Gasteiger partial charge in [0, 0.05) is 30.7 Å². The summed E-state index contributed by atoms with van der Waals surface area (Å²) in [5.74, 6) is -0.179. The van der Waals surface area contributed by atoms with Crippen molar-refractivity contribution >= 4 is 68.4 Å². The van der Waals surface area contributed by atoms with Crippen molar-refractivity contribution in [1.82, 2.24) is 9.47 Å². The van der Waals surface area contributed by atoms with Gasteiger partial charge in [-0.3, -0.25) is 24.0 Å². The van der Waals surface area contributed by atoms with Gasteiger partial charge in [-0.15, -0.1) is 11.3 Å². The van der Waals surface area contributed by atoms with Crippen LogP contribution < -0.4 is 24.6 Å². The van der Waals surface area contributed by atoms with Gasteiger partial charge in [0.25, 0.3) is 11.5 Å². The SMILES string of the molecule is CCN1C(=O)/C(=c2/s/c(=C3\Sc4ccccc4N3C)c(=O)n2CC)N(c2ccccc2)C1=S. The highest BCUT2D eigenvalue weighted by Crippen LogP contribution is 2.45. The van der Waals surface area contributed by atoms with Gasteiger partial charge in [-0.05, 0) is 50.3 Å². The third-order valence-electron chi connectivity index (χ3n) is 5.76. The first-order valence-electron chi connectivity index (χ1n) is 10.7. The van der Waals surface area contributed by atoms with Crippen LogP contribution in [0.25, 0.3) is 10.7 Å². The number of hydrogen-bond donors (Lipinski definition) is 0. The zero-order valence-corrected chi connectivity index (χ0v) is 20.9. The first-order valence-corrected chi connectivity index (χ1v) is 12.7. The molecular formula is C24H22N4O2S3. The molecule has 1 saturated heterocycles. The predicted octanol–water partition coefficient (Wildman–Crippen LogP) is 3.00. The number of anilines is 2. The molecule has 9 heteroatoms. The number of carbonyl (C=O) groups excluding carboxylic acids is 1. The Balaban J connectivity index is 1.82. The van der Waals surface area contributed by atoms with Crippen molar-refractivity contribution in [2.24, 2.45) is 0 Å². The molecule has 6 nitrogen and oxygen atoms in total. The number of fused-ring (bicyclic) bond motifs is 1. The quantitative estimate of drug-likeness (QED) is 0.522. The maximum atomic E-state index is 13.6. The largest absolute Gasteiger partial charge is 0.337 e. The lowest BCUT2D eigenvalue weighted by Crippen LogP contribution is -2.36. The monoisotopic (exact) mass is 494 g/mol. The van der Waals surface area contributed by atoms with Crippen molar-refractivity contribution < 1.29 is 4.79 Å². The van der Waals surface area contributed by atoms with Crippen molar-refractivity contribution in [2.75, 3.05) is 23.4 Å². The van der Waals surface area contributed by atoms with Crippen LogP contribution in [-0.4, -0.2) is 34.1 Å². The molecule has 0 bridgehead atoms. The van der Waals surface area contributed by atoms with Gasteiger partial charge in [0.15, 0.2) is 5.11 Å². The number of carbonyl (C=O) groups is 1. The molecule has 2 aliphatic heterocycles. The Hall–Kier alpha value is -2.88. The van der Waals surface area contributed by atoms with Crippen LogP contribution in [0, 0.1) is 0 Å². The summed E-state index contributed by atoms with van der Waals surface area (Å²) in [5.41, 5.74) is 2.23. The minimum atomic E-state index is -0.179. The number of thiocarbonyl (C=S) groups is 1. The second-order valence-corrected chi connectivity index (χ2v) is 9.97. The summed E-state index contributed by atoms with van der Waals surface area (Å²) in [6.07, 6.45) is 0. The molecule has 1 aromatic heterocycles. The molecular weight excluding hydrogens is 472 g/mol. The van der Waals surface area contributed by atoms with E-state index >= 15 is 0 Å². The van der Waals surface area contributed by atoms with Crippen LogP contribution in [0.15, 0.2) is 64.3 Å². The number of aromatic nitrogens is 1. The number of benzene rings is 2.